The largest absolute Gasteiger partial charge is 0.459 e. The summed E-state index contributed by atoms with van der Waals surface area (Å²) in [6.07, 6.45) is 3.69. The van der Waals surface area contributed by atoms with Crippen molar-refractivity contribution in [2.24, 2.45) is 5.92 Å². The van der Waals surface area contributed by atoms with Crippen LogP contribution in [-0.2, 0) is 14.3 Å². The fraction of sp³-hybridized carbons (Fsp3) is 0.529. The summed E-state index contributed by atoms with van der Waals surface area (Å²) in [5.41, 5.74) is 1.70. The number of ether oxygens (including phenoxy) is 2. The van der Waals surface area contributed by atoms with Crippen molar-refractivity contribution in [2.75, 3.05) is 7.11 Å². The van der Waals surface area contributed by atoms with E-state index in [1.54, 1.807) is 13.2 Å². The maximum Gasteiger partial charge on any atom is 0.309 e. The molecule has 4 nitrogen and oxygen atoms in total. The van der Waals surface area contributed by atoms with Gasteiger partial charge in [0.05, 0.1) is 23.7 Å². The van der Waals surface area contributed by atoms with Gasteiger partial charge in [0.2, 0.25) is 0 Å². The predicted molar refractivity (Wildman–Crippen MR) is 76.5 cm³/mol. The van der Waals surface area contributed by atoms with E-state index in [0.717, 1.165) is 31.2 Å². The molecule has 2 saturated carbocycles. The van der Waals surface area contributed by atoms with E-state index in [1.807, 2.05) is 18.2 Å². The van der Waals surface area contributed by atoms with Crippen molar-refractivity contribution >= 4 is 5.97 Å². The van der Waals surface area contributed by atoms with Gasteiger partial charge in [-0.2, -0.15) is 5.26 Å². The van der Waals surface area contributed by atoms with E-state index in [-0.39, 0.29) is 30.0 Å². The fourth-order valence-corrected chi connectivity index (χ4v) is 3.20. The topological polar surface area (TPSA) is 59.3 Å². The minimum Gasteiger partial charge on any atom is -0.459 e. The zero-order valence-corrected chi connectivity index (χ0v) is 12.1. The lowest BCUT2D eigenvalue weighted by Gasteiger charge is -2.18. The first kappa shape index (κ1) is 14.1. The average molecular weight is 285 g/mol. The van der Waals surface area contributed by atoms with E-state index in [9.17, 15) is 4.79 Å². The molecule has 0 saturated heterocycles. The highest BCUT2D eigenvalue weighted by Crippen LogP contribution is 2.48. The van der Waals surface area contributed by atoms with E-state index >= 15 is 0 Å². The second-order valence-corrected chi connectivity index (χ2v) is 5.87. The molecule has 21 heavy (non-hydrogen) atoms. The van der Waals surface area contributed by atoms with Crippen LogP contribution in [0.4, 0.5) is 0 Å². The Kier molecular flexibility index (Phi) is 3.94. The van der Waals surface area contributed by atoms with Gasteiger partial charge in [0.1, 0.15) is 6.10 Å². The van der Waals surface area contributed by atoms with Gasteiger partial charge in [-0.05, 0) is 49.3 Å². The van der Waals surface area contributed by atoms with Crippen LogP contribution in [0, 0.1) is 17.2 Å². The number of hydrogen-bond donors (Lipinski definition) is 0. The van der Waals surface area contributed by atoms with Crippen molar-refractivity contribution in [1.82, 2.24) is 0 Å². The molecule has 0 aliphatic heterocycles. The highest BCUT2D eigenvalue weighted by atomic mass is 16.6. The zero-order chi connectivity index (χ0) is 14.8. The number of nitrogens with zero attached hydrogens (tertiary/aromatic N) is 1. The lowest BCUT2D eigenvalue weighted by Crippen LogP contribution is -2.28. The average Bonchev–Trinajstić information content (AvgIpc) is 3.21. The molecular formula is C17H19NO3. The van der Waals surface area contributed by atoms with Crippen LogP contribution in [0.5, 0.6) is 0 Å². The number of carbonyl (C=O) groups excluding carboxylic acids is 1. The summed E-state index contributed by atoms with van der Waals surface area (Å²) in [4.78, 5) is 12.2. The quantitative estimate of drug-likeness (QED) is 0.798. The van der Waals surface area contributed by atoms with Crippen LogP contribution < -0.4 is 0 Å². The van der Waals surface area contributed by atoms with Gasteiger partial charge < -0.3 is 9.47 Å². The molecule has 2 aliphatic carbocycles. The smallest absolute Gasteiger partial charge is 0.309 e. The molecule has 0 amide bonds. The molecule has 0 aromatic heterocycles. The fourth-order valence-electron chi connectivity index (χ4n) is 3.20. The molecule has 1 aromatic carbocycles. The van der Waals surface area contributed by atoms with E-state index in [4.69, 9.17) is 14.7 Å². The van der Waals surface area contributed by atoms with E-state index in [0.29, 0.717) is 5.56 Å². The Morgan fingerprint density at radius 2 is 2.14 bits per heavy atom. The maximum absolute atomic E-state index is 12.2. The first-order valence-electron chi connectivity index (χ1n) is 7.46. The van der Waals surface area contributed by atoms with Gasteiger partial charge in [-0.25, -0.2) is 0 Å². The molecule has 110 valence electrons. The van der Waals surface area contributed by atoms with Crippen molar-refractivity contribution in [2.45, 2.75) is 43.8 Å². The molecule has 4 heteroatoms. The van der Waals surface area contributed by atoms with Crippen LogP contribution in [0.3, 0.4) is 0 Å². The maximum atomic E-state index is 12.2. The second kappa shape index (κ2) is 5.87. The molecule has 0 N–H and O–H groups in total. The summed E-state index contributed by atoms with van der Waals surface area (Å²) < 4.78 is 11.0. The van der Waals surface area contributed by atoms with Crippen LogP contribution in [-0.4, -0.2) is 25.3 Å². The van der Waals surface area contributed by atoms with Gasteiger partial charge in [-0.15, -0.1) is 0 Å². The number of carbonyl (C=O) groups is 1. The molecule has 2 fully saturated rings. The van der Waals surface area contributed by atoms with E-state index in [1.165, 1.54) is 0 Å². The van der Waals surface area contributed by atoms with Gasteiger partial charge >= 0.3 is 5.97 Å². The van der Waals surface area contributed by atoms with Crippen molar-refractivity contribution in [3.05, 3.63) is 35.4 Å². The van der Waals surface area contributed by atoms with Gasteiger partial charge in [0, 0.05) is 7.11 Å². The summed E-state index contributed by atoms with van der Waals surface area (Å²) in [7, 11) is 1.67. The molecule has 3 rings (SSSR count). The Morgan fingerprint density at radius 1 is 1.33 bits per heavy atom. The summed E-state index contributed by atoms with van der Waals surface area (Å²) in [5, 5.41) is 8.93. The zero-order valence-electron chi connectivity index (χ0n) is 12.1. The molecule has 0 spiro atoms. The van der Waals surface area contributed by atoms with E-state index in [2.05, 4.69) is 6.07 Å². The second-order valence-electron chi connectivity index (χ2n) is 5.87. The van der Waals surface area contributed by atoms with Crippen molar-refractivity contribution in [3.8, 4) is 6.07 Å². The highest BCUT2D eigenvalue weighted by Gasteiger charge is 2.46. The third-order valence-electron chi connectivity index (χ3n) is 4.50. The highest BCUT2D eigenvalue weighted by molar-refractivity contribution is 5.77. The van der Waals surface area contributed by atoms with Gasteiger partial charge in [-0.1, -0.05) is 12.1 Å². The monoisotopic (exact) mass is 285 g/mol. The molecule has 0 radical (unpaired) electrons. The van der Waals surface area contributed by atoms with Crippen molar-refractivity contribution < 1.29 is 14.3 Å². The van der Waals surface area contributed by atoms with Crippen LogP contribution >= 0.6 is 0 Å². The number of methoxy groups -OCH3 is 1. The lowest BCUT2D eigenvalue weighted by atomic mass is 10.1. The number of hydrogen-bond acceptors (Lipinski definition) is 4. The van der Waals surface area contributed by atoms with Crippen molar-refractivity contribution in [1.29, 1.82) is 5.26 Å². The molecule has 0 bridgehead atoms. The Balaban J connectivity index is 1.59. The summed E-state index contributed by atoms with van der Waals surface area (Å²) in [5.74, 6) is 0.0292. The number of rotatable bonds is 4. The van der Waals surface area contributed by atoms with Gasteiger partial charge in [-0.3, -0.25) is 4.79 Å². The Bertz CT molecular complexity index is 578. The molecule has 1 aromatic rings. The van der Waals surface area contributed by atoms with Gasteiger partial charge in [0.25, 0.3) is 0 Å². The lowest BCUT2D eigenvalue weighted by molar-refractivity contribution is -0.156. The number of benzene rings is 1. The Hall–Kier alpha value is -1.86. The summed E-state index contributed by atoms with van der Waals surface area (Å²) in [6, 6.07) is 9.62. The predicted octanol–water partition coefficient (Wildman–Crippen LogP) is 2.77. The number of esters is 1. The minimum atomic E-state index is -0.115. The molecule has 4 atom stereocenters. The van der Waals surface area contributed by atoms with Crippen molar-refractivity contribution in [3.63, 3.8) is 0 Å². The normalized spacial score (nSPS) is 30.7. The molecular weight excluding hydrogens is 266 g/mol. The first-order valence-corrected chi connectivity index (χ1v) is 7.46. The van der Waals surface area contributed by atoms with Crippen LogP contribution in [0.1, 0.15) is 42.7 Å². The third kappa shape index (κ3) is 2.93. The molecule has 0 heterocycles. The third-order valence-corrected chi connectivity index (χ3v) is 4.50. The molecule has 0 unspecified atom stereocenters. The standard InChI is InChI=1S/C17H19NO3/c1-20-15-6-3-7-16(15)21-17(19)14-9-13(14)12-5-2-4-11(8-12)10-18/h2,4-5,8,13-16H,3,6-7,9H2,1H3/t13-,14-,15-,16+/m1/s1. The number of nitriles is 1. The van der Waals surface area contributed by atoms with Crippen LogP contribution in [0.15, 0.2) is 24.3 Å². The molecule has 2 aliphatic rings. The summed E-state index contributed by atoms with van der Waals surface area (Å²) in [6.45, 7) is 0. The SMILES string of the molecule is CO[C@@H]1CCC[C@@H]1OC(=O)[C@@H]1C[C@@H]1c1cccc(C#N)c1. The van der Waals surface area contributed by atoms with E-state index < -0.39 is 0 Å². The Morgan fingerprint density at radius 3 is 2.90 bits per heavy atom. The summed E-state index contributed by atoms with van der Waals surface area (Å²) >= 11 is 0. The minimum absolute atomic E-state index is 0.0491. The van der Waals surface area contributed by atoms with Gasteiger partial charge in [0.15, 0.2) is 0 Å². The Labute approximate surface area is 124 Å². The first-order chi connectivity index (χ1) is 10.2. The van der Waals surface area contributed by atoms with Crippen LogP contribution in [0.2, 0.25) is 0 Å². The van der Waals surface area contributed by atoms with Crippen LogP contribution in [0.25, 0.3) is 0 Å².